The predicted molar refractivity (Wildman–Crippen MR) is 67.8 cm³/mol. The Balaban J connectivity index is 2.99. The molecule has 1 amide bonds. The van der Waals surface area contributed by atoms with E-state index in [4.69, 9.17) is 9.88 Å². The number of aryl methyl sites for hydroxylation is 1. The van der Waals surface area contributed by atoms with Gasteiger partial charge in [0.2, 0.25) is 10.0 Å². The number of hydrogen-bond donors (Lipinski definition) is 2. The fourth-order valence-corrected chi connectivity index (χ4v) is 1.81. The molecule has 0 aliphatic carbocycles. The van der Waals surface area contributed by atoms with Gasteiger partial charge in [-0.25, -0.2) is 18.4 Å². The van der Waals surface area contributed by atoms with E-state index in [2.05, 4.69) is 5.32 Å². The number of nitrogens with one attached hydrogen (secondary N) is 1. The topological polar surface area (TPSA) is 98.5 Å². The molecule has 0 aliphatic rings. The predicted octanol–water partition coefficient (Wildman–Crippen LogP) is 1.60. The van der Waals surface area contributed by atoms with Crippen molar-refractivity contribution in [3.05, 3.63) is 23.8 Å². The molecule has 0 fully saturated rings. The number of nitrogens with two attached hydrogens (primary N) is 1. The van der Waals surface area contributed by atoms with Crippen LogP contribution in [0.5, 0.6) is 0 Å². The van der Waals surface area contributed by atoms with E-state index in [9.17, 15) is 13.2 Å². The highest BCUT2D eigenvalue weighted by atomic mass is 32.2. The van der Waals surface area contributed by atoms with Crippen molar-refractivity contribution in [1.29, 1.82) is 0 Å². The summed E-state index contributed by atoms with van der Waals surface area (Å²) >= 11 is 0. The zero-order valence-electron chi connectivity index (χ0n) is 10.4. The largest absolute Gasteiger partial charge is 0.447 e. The highest BCUT2D eigenvalue weighted by Crippen LogP contribution is 2.19. The second-order valence-electron chi connectivity index (χ2n) is 4.10. The van der Waals surface area contributed by atoms with Crippen molar-refractivity contribution in [3.8, 4) is 0 Å². The van der Waals surface area contributed by atoms with Crippen molar-refractivity contribution in [3.63, 3.8) is 0 Å². The molecule has 100 valence electrons. The van der Waals surface area contributed by atoms with Gasteiger partial charge in [0, 0.05) is 5.69 Å². The van der Waals surface area contributed by atoms with Gasteiger partial charge in [-0.3, -0.25) is 5.32 Å². The molecule has 0 radical (unpaired) electrons. The Labute approximate surface area is 106 Å². The number of benzene rings is 1. The number of sulfonamides is 1. The Morgan fingerprint density at radius 2 is 2.00 bits per heavy atom. The third-order valence-corrected chi connectivity index (χ3v) is 3.03. The van der Waals surface area contributed by atoms with Crippen LogP contribution in [0.25, 0.3) is 0 Å². The van der Waals surface area contributed by atoms with Gasteiger partial charge in [0.15, 0.2) is 0 Å². The summed E-state index contributed by atoms with van der Waals surface area (Å²) in [6, 6.07) is 4.24. The van der Waals surface area contributed by atoms with Crippen molar-refractivity contribution >= 4 is 21.8 Å². The van der Waals surface area contributed by atoms with Crippen LogP contribution in [0.1, 0.15) is 19.4 Å². The Hall–Kier alpha value is -1.60. The fourth-order valence-electron chi connectivity index (χ4n) is 1.27. The summed E-state index contributed by atoms with van der Waals surface area (Å²) in [5.74, 6) is 0. The average Bonchev–Trinajstić information content (AvgIpc) is 2.18. The third kappa shape index (κ3) is 4.01. The number of rotatable bonds is 3. The lowest BCUT2D eigenvalue weighted by Gasteiger charge is -2.12. The van der Waals surface area contributed by atoms with Crippen LogP contribution < -0.4 is 10.5 Å². The molecule has 0 aliphatic heterocycles. The van der Waals surface area contributed by atoms with E-state index in [1.165, 1.54) is 12.1 Å². The van der Waals surface area contributed by atoms with Gasteiger partial charge in [-0.1, -0.05) is 6.07 Å². The summed E-state index contributed by atoms with van der Waals surface area (Å²) in [4.78, 5) is 11.4. The van der Waals surface area contributed by atoms with Gasteiger partial charge in [0.25, 0.3) is 0 Å². The maximum absolute atomic E-state index is 11.4. The Morgan fingerprint density at radius 3 is 2.50 bits per heavy atom. The van der Waals surface area contributed by atoms with E-state index in [1.807, 2.05) is 0 Å². The van der Waals surface area contributed by atoms with Crippen molar-refractivity contribution in [2.24, 2.45) is 5.14 Å². The first-order valence-electron chi connectivity index (χ1n) is 5.31. The molecule has 6 nitrogen and oxygen atoms in total. The zero-order chi connectivity index (χ0) is 13.9. The van der Waals surface area contributed by atoms with Crippen LogP contribution in [0.3, 0.4) is 0 Å². The molecule has 0 spiro atoms. The summed E-state index contributed by atoms with van der Waals surface area (Å²) in [5, 5.41) is 7.49. The molecular formula is C11H16N2O4S. The number of anilines is 1. The Morgan fingerprint density at radius 1 is 1.39 bits per heavy atom. The van der Waals surface area contributed by atoms with Crippen molar-refractivity contribution in [2.75, 3.05) is 5.32 Å². The molecule has 0 bridgehead atoms. The lowest BCUT2D eigenvalue weighted by Crippen LogP contribution is -2.19. The summed E-state index contributed by atoms with van der Waals surface area (Å²) in [7, 11) is -3.79. The number of carbonyl (C=O) groups excluding carboxylic acids is 1. The molecule has 0 aromatic heterocycles. The molecule has 0 saturated carbocycles. The number of primary sulfonamides is 1. The molecule has 18 heavy (non-hydrogen) atoms. The minimum atomic E-state index is -3.79. The summed E-state index contributed by atoms with van der Waals surface area (Å²) in [6.45, 7) is 5.16. The first-order chi connectivity index (χ1) is 8.20. The summed E-state index contributed by atoms with van der Waals surface area (Å²) in [6.07, 6.45) is -0.897. The normalized spacial score (nSPS) is 11.4. The van der Waals surface area contributed by atoms with Gasteiger partial charge < -0.3 is 4.74 Å². The van der Waals surface area contributed by atoms with Gasteiger partial charge in [0.05, 0.1) is 11.0 Å². The minimum Gasteiger partial charge on any atom is -0.447 e. The number of amides is 1. The maximum atomic E-state index is 11.4. The van der Waals surface area contributed by atoms with Gasteiger partial charge in [-0.2, -0.15) is 0 Å². The number of carbonyl (C=O) groups is 1. The molecule has 1 rings (SSSR count). The fraction of sp³-hybridized carbons (Fsp3) is 0.364. The molecule has 3 N–H and O–H groups in total. The van der Waals surface area contributed by atoms with E-state index in [-0.39, 0.29) is 11.0 Å². The molecule has 7 heteroatoms. The maximum Gasteiger partial charge on any atom is 0.411 e. The minimum absolute atomic E-state index is 0.0621. The van der Waals surface area contributed by atoms with Crippen molar-refractivity contribution in [1.82, 2.24) is 0 Å². The summed E-state index contributed by atoms with van der Waals surface area (Å²) in [5.41, 5.74) is 1.07. The molecule has 0 saturated heterocycles. The second kappa shape index (κ2) is 5.36. The highest BCUT2D eigenvalue weighted by Gasteiger charge is 2.12. The lowest BCUT2D eigenvalue weighted by molar-refractivity contribution is 0.130. The third-order valence-electron chi connectivity index (χ3n) is 2.12. The average molecular weight is 272 g/mol. The van der Waals surface area contributed by atoms with Crippen LogP contribution in [-0.4, -0.2) is 20.6 Å². The SMILES string of the molecule is Cc1ccc(S(N)(=O)=O)cc1NC(=O)OC(C)C. The van der Waals surface area contributed by atoms with E-state index in [0.717, 1.165) is 0 Å². The molecule has 0 atom stereocenters. The van der Waals surface area contributed by atoms with E-state index in [1.54, 1.807) is 26.8 Å². The van der Waals surface area contributed by atoms with Crippen LogP contribution in [0.15, 0.2) is 23.1 Å². The highest BCUT2D eigenvalue weighted by molar-refractivity contribution is 7.89. The number of ether oxygens (including phenoxy) is 1. The van der Waals surface area contributed by atoms with Crippen molar-refractivity contribution in [2.45, 2.75) is 31.8 Å². The van der Waals surface area contributed by atoms with Gasteiger partial charge >= 0.3 is 6.09 Å². The van der Waals surface area contributed by atoms with E-state index in [0.29, 0.717) is 11.3 Å². The first-order valence-corrected chi connectivity index (χ1v) is 6.86. The first kappa shape index (κ1) is 14.5. The molecule has 1 aromatic carbocycles. The summed E-state index contributed by atoms with van der Waals surface area (Å²) < 4.78 is 27.3. The van der Waals surface area contributed by atoms with Crippen LogP contribution in [-0.2, 0) is 14.8 Å². The van der Waals surface area contributed by atoms with Gasteiger partial charge in [0.1, 0.15) is 0 Å². The lowest BCUT2D eigenvalue weighted by atomic mass is 10.2. The molecule has 0 heterocycles. The smallest absolute Gasteiger partial charge is 0.411 e. The Kier molecular flexibility index (Phi) is 4.31. The van der Waals surface area contributed by atoms with Crippen molar-refractivity contribution < 1.29 is 17.9 Å². The van der Waals surface area contributed by atoms with Gasteiger partial charge in [-0.05, 0) is 38.5 Å². The molecular weight excluding hydrogens is 256 g/mol. The molecule has 0 unspecified atom stereocenters. The van der Waals surface area contributed by atoms with E-state index < -0.39 is 16.1 Å². The number of hydrogen-bond acceptors (Lipinski definition) is 4. The quantitative estimate of drug-likeness (QED) is 0.873. The van der Waals surface area contributed by atoms with E-state index >= 15 is 0 Å². The zero-order valence-corrected chi connectivity index (χ0v) is 11.2. The van der Waals surface area contributed by atoms with Crippen LogP contribution in [0.2, 0.25) is 0 Å². The standard InChI is InChI=1S/C11H16N2O4S/c1-7(2)17-11(14)13-10-6-9(18(12,15)16)5-4-8(10)3/h4-7H,1-3H3,(H,13,14)(H2,12,15,16). The molecule has 1 aromatic rings. The Bertz CT molecular complexity index is 552. The monoisotopic (exact) mass is 272 g/mol. The van der Waals surface area contributed by atoms with Crippen LogP contribution >= 0.6 is 0 Å². The van der Waals surface area contributed by atoms with Crippen LogP contribution in [0.4, 0.5) is 10.5 Å². The second-order valence-corrected chi connectivity index (χ2v) is 5.66. The van der Waals surface area contributed by atoms with Gasteiger partial charge in [-0.15, -0.1) is 0 Å². The van der Waals surface area contributed by atoms with Crippen LogP contribution in [0, 0.1) is 6.92 Å².